The minimum absolute atomic E-state index is 0.247. The molecule has 0 atom stereocenters. The van der Waals surface area contributed by atoms with Gasteiger partial charge in [0.2, 0.25) is 11.9 Å². The van der Waals surface area contributed by atoms with E-state index in [-0.39, 0.29) is 12.0 Å². The number of nitrogens with zero attached hydrogens (tertiary/aromatic N) is 2. The first kappa shape index (κ1) is 12.7. The van der Waals surface area contributed by atoms with E-state index in [4.69, 9.17) is 5.73 Å². The van der Waals surface area contributed by atoms with Gasteiger partial charge in [0.15, 0.2) is 0 Å². The van der Waals surface area contributed by atoms with Crippen LogP contribution in [0.1, 0.15) is 5.56 Å². The largest absolute Gasteiger partial charge is 0.368 e. The second-order valence-corrected chi connectivity index (χ2v) is 3.90. The molecule has 6 N–H and O–H groups in total. The molecule has 8 heteroatoms. The predicted molar refractivity (Wildman–Crippen MR) is 73.3 cm³/mol. The summed E-state index contributed by atoms with van der Waals surface area (Å²) in [6.07, 6.45) is 0. The number of hydrogen-bond acceptors (Lipinski definition) is 5. The van der Waals surface area contributed by atoms with E-state index in [1.807, 2.05) is 19.1 Å². The van der Waals surface area contributed by atoms with Gasteiger partial charge in [0.05, 0.1) is 0 Å². The van der Waals surface area contributed by atoms with Crippen LogP contribution < -0.4 is 21.7 Å². The number of urea groups is 1. The number of carbonyl (C=O) groups excluding carboxylic acids is 1. The molecule has 1 aromatic heterocycles. The Hall–Kier alpha value is -2.77. The Morgan fingerprint density at radius 2 is 2.21 bits per heavy atom. The standard InChI is InChI=1S/C11H15N7O/c1-6-5-7(14-10-16-9(12)17-18-10)3-4-8(6)15-11(19)13-2/h3-5H,1-2H3,(H2,13,15,19)(H4,12,14,16,17,18). The van der Waals surface area contributed by atoms with E-state index in [1.54, 1.807) is 13.1 Å². The molecule has 0 fully saturated rings. The average Bonchev–Trinajstić information content (AvgIpc) is 2.78. The van der Waals surface area contributed by atoms with Crippen LogP contribution in [0.5, 0.6) is 0 Å². The van der Waals surface area contributed by atoms with E-state index in [2.05, 4.69) is 31.1 Å². The third kappa shape index (κ3) is 3.12. The Morgan fingerprint density at radius 1 is 1.42 bits per heavy atom. The van der Waals surface area contributed by atoms with Crippen LogP contribution in [0, 0.1) is 6.92 Å². The zero-order valence-electron chi connectivity index (χ0n) is 10.6. The van der Waals surface area contributed by atoms with Gasteiger partial charge in [-0.15, -0.1) is 5.10 Å². The number of rotatable bonds is 3. The third-order valence-corrected chi connectivity index (χ3v) is 2.46. The highest BCUT2D eigenvalue weighted by atomic mass is 16.2. The van der Waals surface area contributed by atoms with Gasteiger partial charge in [0.1, 0.15) is 0 Å². The number of aromatic amines is 1. The zero-order valence-corrected chi connectivity index (χ0v) is 10.6. The van der Waals surface area contributed by atoms with Crippen molar-refractivity contribution < 1.29 is 4.79 Å². The third-order valence-electron chi connectivity index (χ3n) is 2.46. The summed E-state index contributed by atoms with van der Waals surface area (Å²) in [5, 5.41) is 14.6. The van der Waals surface area contributed by atoms with Gasteiger partial charge in [-0.1, -0.05) is 0 Å². The number of H-pyrrole nitrogens is 1. The lowest BCUT2D eigenvalue weighted by atomic mass is 10.2. The van der Waals surface area contributed by atoms with E-state index >= 15 is 0 Å². The maximum absolute atomic E-state index is 11.2. The molecule has 0 aliphatic rings. The molecule has 100 valence electrons. The van der Waals surface area contributed by atoms with Gasteiger partial charge >= 0.3 is 6.03 Å². The molecular weight excluding hydrogens is 246 g/mol. The topological polar surface area (TPSA) is 121 Å². The van der Waals surface area contributed by atoms with Crippen LogP contribution in [-0.4, -0.2) is 28.3 Å². The van der Waals surface area contributed by atoms with Crippen molar-refractivity contribution in [3.63, 3.8) is 0 Å². The summed E-state index contributed by atoms with van der Waals surface area (Å²) in [4.78, 5) is 15.2. The lowest BCUT2D eigenvalue weighted by Crippen LogP contribution is -2.24. The fourth-order valence-corrected chi connectivity index (χ4v) is 1.53. The Labute approximate surface area is 109 Å². The van der Waals surface area contributed by atoms with Crippen LogP contribution in [0.25, 0.3) is 0 Å². The highest BCUT2D eigenvalue weighted by molar-refractivity contribution is 5.90. The van der Waals surface area contributed by atoms with Crippen molar-refractivity contribution in [1.82, 2.24) is 20.5 Å². The number of carbonyl (C=O) groups is 1. The number of nitrogens with two attached hydrogens (primary N) is 1. The van der Waals surface area contributed by atoms with E-state index in [9.17, 15) is 4.79 Å². The highest BCUT2D eigenvalue weighted by Crippen LogP contribution is 2.21. The molecule has 0 saturated heterocycles. The van der Waals surface area contributed by atoms with Gasteiger partial charge in [-0.2, -0.15) is 4.98 Å². The first-order chi connectivity index (χ1) is 9.08. The van der Waals surface area contributed by atoms with Gasteiger partial charge in [0, 0.05) is 18.4 Å². The van der Waals surface area contributed by atoms with Gasteiger partial charge in [-0.05, 0) is 30.7 Å². The number of amides is 2. The highest BCUT2D eigenvalue weighted by Gasteiger charge is 2.05. The summed E-state index contributed by atoms with van der Waals surface area (Å²) in [5.74, 6) is 0.640. The van der Waals surface area contributed by atoms with E-state index in [0.717, 1.165) is 16.9 Å². The van der Waals surface area contributed by atoms with E-state index in [1.165, 1.54) is 0 Å². The van der Waals surface area contributed by atoms with Gasteiger partial charge < -0.3 is 21.7 Å². The summed E-state index contributed by atoms with van der Waals surface area (Å²) < 4.78 is 0. The summed E-state index contributed by atoms with van der Waals surface area (Å²) in [6.45, 7) is 1.89. The maximum Gasteiger partial charge on any atom is 0.318 e. The molecular formula is C11H15N7O. The minimum Gasteiger partial charge on any atom is -0.368 e. The van der Waals surface area contributed by atoms with Crippen molar-refractivity contribution in [2.75, 3.05) is 23.4 Å². The van der Waals surface area contributed by atoms with Gasteiger partial charge in [0.25, 0.3) is 0 Å². The van der Waals surface area contributed by atoms with Crippen LogP contribution in [-0.2, 0) is 0 Å². The second kappa shape index (κ2) is 5.25. The summed E-state index contributed by atoms with van der Waals surface area (Å²) >= 11 is 0. The number of nitrogens with one attached hydrogen (secondary N) is 4. The molecule has 0 spiro atoms. The number of aromatic nitrogens is 3. The normalized spacial score (nSPS) is 10.0. The smallest absolute Gasteiger partial charge is 0.318 e. The monoisotopic (exact) mass is 261 g/mol. The average molecular weight is 261 g/mol. The maximum atomic E-state index is 11.2. The first-order valence-corrected chi connectivity index (χ1v) is 5.63. The summed E-state index contributed by atoms with van der Waals surface area (Å²) in [7, 11) is 1.56. The number of hydrogen-bond donors (Lipinski definition) is 5. The lowest BCUT2D eigenvalue weighted by Gasteiger charge is -2.10. The molecule has 0 unspecified atom stereocenters. The van der Waals surface area contributed by atoms with E-state index in [0.29, 0.717) is 5.95 Å². The van der Waals surface area contributed by atoms with Crippen molar-refractivity contribution in [2.45, 2.75) is 6.92 Å². The Balaban J connectivity index is 2.12. The first-order valence-electron chi connectivity index (χ1n) is 5.63. The molecule has 0 aliphatic heterocycles. The number of aryl methyl sites for hydroxylation is 1. The van der Waals surface area contributed by atoms with Crippen LogP contribution in [0.4, 0.5) is 28.1 Å². The fraction of sp³-hybridized carbons (Fsp3) is 0.182. The van der Waals surface area contributed by atoms with Crippen LogP contribution in [0.15, 0.2) is 18.2 Å². The van der Waals surface area contributed by atoms with E-state index < -0.39 is 0 Å². The lowest BCUT2D eigenvalue weighted by molar-refractivity contribution is 0.254. The van der Waals surface area contributed by atoms with Gasteiger partial charge in [-0.3, -0.25) is 0 Å². The summed E-state index contributed by atoms with van der Waals surface area (Å²) in [6, 6.07) is 5.22. The SMILES string of the molecule is CNC(=O)Nc1ccc(Nc2n[nH]c(N)n2)cc1C. The molecule has 0 aliphatic carbocycles. The Morgan fingerprint density at radius 3 is 2.79 bits per heavy atom. The van der Waals surface area contributed by atoms with Crippen molar-refractivity contribution in [3.05, 3.63) is 23.8 Å². The molecule has 2 aromatic rings. The van der Waals surface area contributed by atoms with Crippen molar-refractivity contribution in [1.29, 1.82) is 0 Å². The second-order valence-electron chi connectivity index (χ2n) is 3.90. The predicted octanol–water partition coefficient (Wildman–Crippen LogP) is 1.19. The van der Waals surface area contributed by atoms with Crippen molar-refractivity contribution in [3.8, 4) is 0 Å². The van der Waals surface area contributed by atoms with Crippen LogP contribution in [0.2, 0.25) is 0 Å². The quantitative estimate of drug-likeness (QED) is 0.568. The number of benzene rings is 1. The van der Waals surface area contributed by atoms with Crippen LogP contribution in [0.3, 0.4) is 0 Å². The molecule has 0 bridgehead atoms. The zero-order chi connectivity index (χ0) is 13.8. The minimum atomic E-state index is -0.259. The van der Waals surface area contributed by atoms with Crippen molar-refractivity contribution >= 4 is 29.3 Å². The number of nitrogen functional groups attached to an aromatic ring is 1. The Bertz CT molecular complexity index is 592. The molecule has 1 aromatic carbocycles. The Kier molecular flexibility index (Phi) is 3.51. The van der Waals surface area contributed by atoms with Crippen LogP contribution >= 0.6 is 0 Å². The van der Waals surface area contributed by atoms with Crippen molar-refractivity contribution in [2.24, 2.45) is 0 Å². The molecule has 19 heavy (non-hydrogen) atoms. The molecule has 2 rings (SSSR count). The van der Waals surface area contributed by atoms with Gasteiger partial charge in [-0.25, -0.2) is 9.89 Å². The molecule has 0 radical (unpaired) electrons. The molecule has 8 nitrogen and oxygen atoms in total. The molecule has 0 saturated carbocycles. The summed E-state index contributed by atoms with van der Waals surface area (Å²) in [5.41, 5.74) is 7.89. The fourth-order valence-electron chi connectivity index (χ4n) is 1.53. The number of anilines is 4. The molecule has 1 heterocycles. The molecule has 2 amide bonds.